The van der Waals surface area contributed by atoms with E-state index in [0.29, 0.717) is 6.54 Å². The summed E-state index contributed by atoms with van der Waals surface area (Å²) in [5.74, 6) is 0. The van der Waals surface area contributed by atoms with Crippen LogP contribution in [0.3, 0.4) is 0 Å². The van der Waals surface area contributed by atoms with E-state index in [-0.39, 0.29) is 18.8 Å². The Morgan fingerprint density at radius 1 is 0.833 bits per heavy atom. The van der Waals surface area contributed by atoms with Gasteiger partial charge in [0.25, 0.3) is 7.82 Å². The Morgan fingerprint density at radius 2 is 1.29 bits per heavy atom. The predicted molar refractivity (Wildman–Crippen MR) is 97.9 cm³/mol. The zero-order chi connectivity index (χ0) is 18.3. The summed E-state index contributed by atoms with van der Waals surface area (Å²) >= 11 is 0. The van der Waals surface area contributed by atoms with Gasteiger partial charge in [0, 0.05) is 0 Å². The Kier molecular flexibility index (Phi) is 14.3. The van der Waals surface area contributed by atoms with E-state index in [0.717, 1.165) is 19.3 Å². The van der Waals surface area contributed by atoms with E-state index in [9.17, 15) is 9.46 Å². The smallest absolute Gasteiger partial charge is 0.268 e. The maximum atomic E-state index is 11.6. The van der Waals surface area contributed by atoms with Gasteiger partial charge in [0.1, 0.15) is 13.2 Å². The zero-order valence-electron chi connectivity index (χ0n) is 16.3. The molecular formula is C18H40NO4P. The van der Waals surface area contributed by atoms with Crippen molar-refractivity contribution >= 4 is 7.82 Å². The molecule has 0 aromatic carbocycles. The van der Waals surface area contributed by atoms with E-state index >= 15 is 0 Å². The van der Waals surface area contributed by atoms with Crippen molar-refractivity contribution < 1.29 is 23.8 Å². The van der Waals surface area contributed by atoms with Crippen molar-refractivity contribution in [2.75, 3.05) is 19.8 Å². The van der Waals surface area contributed by atoms with Crippen LogP contribution in [-0.2, 0) is 13.6 Å². The van der Waals surface area contributed by atoms with E-state index < -0.39 is 7.82 Å². The first-order valence-corrected chi connectivity index (χ1v) is 11.2. The molecule has 5 nitrogen and oxygen atoms in total. The highest BCUT2D eigenvalue weighted by atomic mass is 31.2. The first-order valence-electron chi connectivity index (χ1n) is 9.71. The maximum absolute atomic E-state index is 11.6. The maximum Gasteiger partial charge on any atom is 0.268 e. The number of unbranched alkanes of at least 4 members (excludes halogenated alkanes) is 9. The van der Waals surface area contributed by atoms with Gasteiger partial charge in [-0.05, 0) is 27.2 Å². The van der Waals surface area contributed by atoms with Crippen LogP contribution in [-0.4, -0.2) is 25.3 Å². The summed E-state index contributed by atoms with van der Waals surface area (Å²) in [6.07, 6.45) is 12.2. The first kappa shape index (κ1) is 24.1. The predicted octanol–water partition coefficient (Wildman–Crippen LogP) is 3.77. The molecule has 24 heavy (non-hydrogen) atoms. The zero-order valence-corrected chi connectivity index (χ0v) is 17.2. The summed E-state index contributed by atoms with van der Waals surface area (Å²) in [6, 6.07) is 0. The first-order chi connectivity index (χ1) is 11.3. The van der Waals surface area contributed by atoms with Crippen molar-refractivity contribution in [3.63, 3.8) is 0 Å². The van der Waals surface area contributed by atoms with Crippen molar-refractivity contribution in [2.24, 2.45) is 0 Å². The molecule has 146 valence electrons. The van der Waals surface area contributed by atoms with Gasteiger partial charge in [0.05, 0.1) is 12.1 Å². The van der Waals surface area contributed by atoms with Crippen LogP contribution in [0, 0.1) is 0 Å². The molecule has 0 bridgehead atoms. The molecule has 1 unspecified atom stereocenters. The van der Waals surface area contributed by atoms with Crippen LogP contribution < -0.4 is 10.2 Å². The van der Waals surface area contributed by atoms with Crippen molar-refractivity contribution in [3.05, 3.63) is 0 Å². The fraction of sp³-hybridized carbons (Fsp3) is 1.00. The Balaban J connectivity index is 3.41. The van der Waals surface area contributed by atoms with Crippen LogP contribution in [0.1, 0.15) is 91.9 Å². The number of phosphoric ester groups is 1. The summed E-state index contributed by atoms with van der Waals surface area (Å²) in [6.45, 7) is 9.47. The molecule has 0 radical (unpaired) electrons. The molecule has 6 heteroatoms. The van der Waals surface area contributed by atoms with E-state index in [1.54, 1.807) is 0 Å². The third-order valence-electron chi connectivity index (χ3n) is 3.87. The molecule has 0 saturated heterocycles. The summed E-state index contributed by atoms with van der Waals surface area (Å²) < 4.78 is 21.3. The van der Waals surface area contributed by atoms with Crippen molar-refractivity contribution in [1.82, 2.24) is 0 Å². The summed E-state index contributed by atoms with van der Waals surface area (Å²) in [4.78, 5) is 11.6. The van der Waals surface area contributed by atoms with Gasteiger partial charge in [-0.3, -0.25) is 4.57 Å². The quantitative estimate of drug-likeness (QED) is 0.334. The summed E-state index contributed by atoms with van der Waals surface area (Å²) in [5, 5.41) is 2.05. The van der Waals surface area contributed by atoms with Crippen LogP contribution >= 0.6 is 7.82 Å². The largest absolute Gasteiger partial charge is 0.756 e. The number of rotatable bonds is 16. The van der Waals surface area contributed by atoms with Crippen molar-refractivity contribution in [3.8, 4) is 0 Å². The average Bonchev–Trinajstić information content (AvgIpc) is 2.48. The molecule has 0 amide bonds. The SMILES string of the molecule is CCCCCCCCCCCCOP(=O)([O-])OCC[NH2+]C(C)(C)C. The monoisotopic (exact) mass is 365 g/mol. The molecule has 0 saturated carbocycles. The Morgan fingerprint density at radius 3 is 1.79 bits per heavy atom. The molecule has 0 aliphatic heterocycles. The van der Waals surface area contributed by atoms with Gasteiger partial charge in [0.15, 0.2) is 0 Å². The fourth-order valence-corrected chi connectivity index (χ4v) is 3.22. The molecular weight excluding hydrogens is 325 g/mol. The minimum Gasteiger partial charge on any atom is -0.756 e. The molecule has 0 rings (SSSR count). The molecule has 0 aliphatic rings. The van der Waals surface area contributed by atoms with Crippen LogP contribution in [0.4, 0.5) is 0 Å². The lowest BCUT2D eigenvalue weighted by molar-refractivity contribution is -0.717. The van der Waals surface area contributed by atoms with Gasteiger partial charge in [-0.15, -0.1) is 0 Å². The lowest BCUT2D eigenvalue weighted by Gasteiger charge is -2.23. The lowest BCUT2D eigenvalue weighted by Crippen LogP contribution is -2.95. The van der Waals surface area contributed by atoms with Crippen LogP contribution in [0.2, 0.25) is 0 Å². The van der Waals surface area contributed by atoms with Gasteiger partial charge in [-0.25, -0.2) is 0 Å². The normalized spacial score (nSPS) is 14.7. The molecule has 2 N–H and O–H groups in total. The second-order valence-electron chi connectivity index (χ2n) is 7.65. The highest BCUT2D eigenvalue weighted by molar-refractivity contribution is 7.45. The standard InChI is InChI=1S/C18H40NO4P/c1-5-6-7-8-9-10-11-12-13-14-16-22-24(20,21)23-17-15-19-18(2,3)4/h19H,5-17H2,1-4H3,(H,20,21). The Labute approximate surface area is 149 Å². The van der Waals surface area contributed by atoms with Crippen LogP contribution in [0.5, 0.6) is 0 Å². The van der Waals surface area contributed by atoms with Gasteiger partial charge in [-0.2, -0.15) is 0 Å². The van der Waals surface area contributed by atoms with E-state index in [1.165, 1.54) is 44.9 Å². The molecule has 0 heterocycles. The van der Waals surface area contributed by atoms with Crippen molar-refractivity contribution in [2.45, 2.75) is 97.4 Å². The minimum atomic E-state index is -4.12. The average molecular weight is 365 g/mol. The van der Waals surface area contributed by atoms with E-state index in [1.807, 2.05) is 0 Å². The number of quaternary nitrogens is 1. The second-order valence-corrected chi connectivity index (χ2v) is 9.07. The molecule has 0 fully saturated rings. The molecule has 1 atom stereocenters. The topological polar surface area (TPSA) is 75.2 Å². The molecule has 0 spiro atoms. The number of hydrogen-bond donors (Lipinski definition) is 1. The second kappa shape index (κ2) is 14.3. The summed E-state index contributed by atoms with van der Waals surface area (Å²) in [7, 11) is -4.12. The van der Waals surface area contributed by atoms with Gasteiger partial charge in [0.2, 0.25) is 0 Å². The third kappa shape index (κ3) is 18.4. The van der Waals surface area contributed by atoms with Crippen LogP contribution in [0.15, 0.2) is 0 Å². The minimum absolute atomic E-state index is 0.0765. The van der Waals surface area contributed by atoms with Gasteiger partial charge in [-0.1, -0.05) is 64.7 Å². The highest BCUT2D eigenvalue weighted by Gasteiger charge is 2.14. The number of hydrogen-bond acceptors (Lipinski definition) is 4. The third-order valence-corrected chi connectivity index (χ3v) is 4.87. The Hall–Kier alpha value is 0.0700. The van der Waals surface area contributed by atoms with E-state index in [4.69, 9.17) is 9.05 Å². The Bertz CT molecular complexity index is 331. The molecule has 0 aliphatic carbocycles. The molecule has 0 aromatic rings. The van der Waals surface area contributed by atoms with Gasteiger partial charge >= 0.3 is 0 Å². The lowest BCUT2D eigenvalue weighted by atomic mass is 10.1. The summed E-state index contributed by atoms with van der Waals surface area (Å²) in [5.41, 5.74) is 0.0765. The number of phosphoric acid groups is 1. The van der Waals surface area contributed by atoms with E-state index in [2.05, 4.69) is 33.0 Å². The van der Waals surface area contributed by atoms with Crippen LogP contribution in [0.25, 0.3) is 0 Å². The van der Waals surface area contributed by atoms with Crippen molar-refractivity contribution in [1.29, 1.82) is 0 Å². The highest BCUT2D eigenvalue weighted by Crippen LogP contribution is 2.37. The van der Waals surface area contributed by atoms with Gasteiger partial charge < -0.3 is 19.3 Å². The fourth-order valence-electron chi connectivity index (χ4n) is 2.46. The number of nitrogens with two attached hydrogens (primary N) is 1. The molecule has 0 aromatic heterocycles.